The summed E-state index contributed by atoms with van der Waals surface area (Å²) in [7, 11) is 0. The second-order valence-corrected chi connectivity index (χ2v) is 3.59. The summed E-state index contributed by atoms with van der Waals surface area (Å²) in [5.74, 6) is -2.19. The summed E-state index contributed by atoms with van der Waals surface area (Å²) >= 11 is 0. The largest absolute Gasteiger partial charge is 0.481 e. The second kappa shape index (κ2) is 35.3. The van der Waals surface area contributed by atoms with Gasteiger partial charge in [-0.1, -0.05) is 0 Å². The van der Waals surface area contributed by atoms with Crippen LogP contribution < -0.4 is 0 Å². The SMILES string of the molecule is CC(=O)O.CC(=O)O.[CH2][CH][CH]COC(C)=O.[CH2][CH][CH]COC(C)=O.[Pd].[Pd]. The van der Waals surface area contributed by atoms with Gasteiger partial charge < -0.3 is 19.7 Å². The van der Waals surface area contributed by atoms with E-state index in [0.717, 1.165) is 13.8 Å². The summed E-state index contributed by atoms with van der Waals surface area (Å²) in [6.07, 6.45) is 6.51. The molecule has 26 heavy (non-hydrogen) atoms. The Balaban J connectivity index is -0.0000000525. The minimum atomic E-state index is -0.833. The van der Waals surface area contributed by atoms with Crippen molar-refractivity contribution < 1.29 is 79.7 Å². The molecule has 0 unspecified atom stereocenters. The number of carbonyl (C=O) groups excluding carboxylic acids is 2. The molecule has 0 aromatic carbocycles. The van der Waals surface area contributed by atoms with Crippen LogP contribution in [0.2, 0.25) is 0 Å². The molecule has 0 spiro atoms. The van der Waals surface area contributed by atoms with Crippen LogP contribution in [0.5, 0.6) is 0 Å². The molecular formula is C16H26O8Pd2. The quantitative estimate of drug-likeness (QED) is 0.287. The monoisotopic (exact) mass is 558 g/mol. The molecule has 0 amide bonds. The van der Waals surface area contributed by atoms with Crippen molar-refractivity contribution in [3.05, 3.63) is 39.5 Å². The fraction of sp³-hybridized carbons (Fsp3) is 0.375. The first-order valence-electron chi connectivity index (χ1n) is 6.55. The van der Waals surface area contributed by atoms with E-state index in [-0.39, 0.29) is 52.8 Å². The van der Waals surface area contributed by atoms with Gasteiger partial charge in [-0.15, -0.1) is 0 Å². The molecule has 158 valence electrons. The zero-order chi connectivity index (χ0) is 20.0. The predicted octanol–water partition coefficient (Wildman–Crippen LogP) is 1.76. The number of ether oxygens (including phenoxy) is 2. The van der Waals surface area contributed by atoms with Gasteiger partial charge in [0.25, 0.3) is 11.9 Å². The Kier molecular flexibility index (Phi) is 54.4. The summed E-state index contributed by atoms with van der Waals surface area (Å²) in [5.41, 5.74) is 0. The molecule has 0 bridgehead atoms. The molecule has 0 aliphatic heterocycles. The van der Waals surface area contributed by atoms with E-state index >= 15 is 0 Å². The zero-order valence-corrected chi connectivity index (χ0v) is 18.2. The third kappa shape index (κ3) is 135. The maximum Gasteiger partial charge on any atom is 0.302 e. The Morgan fingerprint density at radius 2 is 0.923 bits per heavy atom. The average Bonchev–Trinajstić information content (AvgIpc) is 2.38. The first kappa shape index (κ1) is 40.0. The van der Waals surface area contributed by atoms with Gasteiger partial charge >= 0.3 is 11.9 Å². The van der Waals surface area contributed by atoms with Crippen LogP contribution in [0, 0.1) is 39.5 Å². The van der Waals surface area contributed by atoms with Crippen molar-refractivity contribution >= 4 is 23.9 Å². The van der Waals surface area contributed by atoms with Gasteiger partial charge in [0.1, 0.15) is 0 Å². The van der Waals surface area contributed by atoms with E-state index in [1.165, 1.54) is 13.8 Å². The number of hydrogen-bond donors (Lipinski definition) is 2. The van der Waals surface area contributed by atoms with Crippen LogP contribution >= 0.6 is 0 Å². The number of esters is 2. The van der Waals surface area contributed by atoms with E-state index in [4.69, 9.17) is 19.8 Å². The molecular weight excluding hydrogens is 533 g/mol. The van der Waals surface area contributed by atoms with Crippen molar-refractivity contribution in [1.82, 2.24) is 0 Å². The summed E-state index contributed by atoms with van der Waals surface area (Å²) in [4.78, 5) is 38.1. The Bertz CT molecular complexity index is 296. The van der Waals surface area contributed by atoms with Crippen LogP contribution in [0.1, 0.15) is 27.7 Å². The summed E-state index contributed by atoms with van der Waals surface area (Å²) in [5, 5.41) is 14.8. The molecule has 0 aromatic rings. The molecule has 0 rings (SSSR count). The standard InChI is InChI=1S/2C6H9O2.2C2H4O2.2Pd/c2*1-3-4-5-8-6(2)7;2*1-2(3)4;;/h2*3-4H,1,5H2,2H3;2*1H3,(H,3,4);;. The molecule has 0 fully saturated rings. The molecule has 0 aliphatic carbocycles. The molecule has 10 heteroatoms. The van der Waals surface area contributed by atoms with Gasteiger partial charge in [0, 0.05) is 81.4 Å². The van der Waals surface area contributed by atoms with Gasteiger partial charge in [-0.05, 0) is 26.7 Å². The topological polar surface area (TPSA) is 127 Å². The van der Waals surface area contributed by atoms with Crippen LogP contribution in [0.4, 0.5) is 0 Å². The first-order chi connectivity index (χ1) is 11.0. The van der Waals surface area contributed by atoms with Crippen molar-refractivity contribution in [2.45, 2.75) is 27.7 Å². The van der Waals surface area contributed by atoms with Gasteiger partial charge in [0.2, 0.25) is 0 Å². The molecule has 0 saturated heterocycles. The molecule has 0 saturated carbocycles. The van der Waals surface area contributed by atoms with E-state index in [2.05, 4.69) is 23.3 Å². The summed E-state index contributed by atoms with van der Waals surface area (Å²) in [6.45, 7) is 12.4. The number of rotatable bonds is 6. The number of carbonyl (C=O) groups is 4. The fourth-order valence-corrected chi connectivity index (χ4v) is 0.467. The smallest absolute Gasteiger partial charge is 0.302 e. The Morgan fingerprint density at radius 3 is 1.04 bits per heavy atom. The molecule has 0 aliphatic rings. The summed E-state index contributed by atoms with van der Waals surface area (Å²) in [6, 6.07) is 0. The molecule has 0 heterocycles. The Labute approximate surface area is 183 Å². The number of carboxylic acid groups (broad SMARTS) is 2. The summed E-state index contributed by atoms with van der Waals surface area (Å²) < 4.78 is 9.03. The van der Waals surface area contributed by atoms with Gasteiger partial charge in [-0.2, -0.15) is 0 Å². The van der Waals surface area contributed by atoms with Crippen molar-refractivity contribution in [3.63, 3.8) is 0 Å². The predicted molar refractivity (Wildman–Crippen MR) is 87.8 cm³/mol. The second-order valence-electron chi connectivity index (χ2n) is 3.59. The van der Waals surface area contributed by atoms with E-state index in [9.17, 15) is 9.59 Å². The maximum atomic E-state index is 10.0. The maximum absolute atomic E-state index is 10.0. The number of hydrogen-bond acceptors (Lipinski definition) is 6. The third-order valence-electron chi connectivity index (χ3n) is 1.10. The van der Waals surface area contributed by atoms with E-state index in [0.29, 0.717) is 13.2 Å². The molecule has 6 radical (unpaired) electrons. The minimum absolute atomic E-state index is 0. The van der Waals surface area contributed by atoms with Crippen LogP contribution in [0.3, 0.4) is 0 Å². The number of unbranched alkanes of at least 4 members (excludes halogenated alkanes) is 2. The third-order valence-corrected chi connectivity index (χ3v) is 1.10. The Morgan fingerprint density at radius 1 is 0.731 bits per heavy atom. The number of aliphatic carboxylic acids is 2. The van der Waals surface area contributed by atoms with Gasteiger partial charge in [-0.25, -0.2) is 0 Å². The van der Waals surface area contributed by atoms with E-state index < -0.39 is 11.9 Å². The van der Waals surface area contributed by atoms with Gasteiger partial charge in [0.15, 0.2) is 0 Å². The van der Waals surface area contributed by atoms with E-state index in [1.54, 1.807) is 25.7 Å². The van der Waals surface area contributed by atoms with E-state index in [1.807, 2.05) is 0 Å². The fourth-order valence-electron chi connectivity index (χ4n) is 0.467. The van der Waals surface area contributed by atoms with Crippen molar-refractivity contribution in [2.24, 2.45) is 0 Å². The molecule has 0 atom stereocenters. The Hall–Kier alpha value is -0.795. The van der Waals surface area contributed by atoms with Crippen LogP contribution in [-0.4, -0.2) is 47.3 Å². The van der Waals surface area contributed by atoms with Crippen molar-refractivity contribution in [3.8, 4) is 0 Å². The average molecular weight is 559 g/mol. The van der Waals surface area contributed by atoms with Crippen LogP contribution in [-0.2, 0) is 69.5 Å². The van der Waals surface area contributed by atoms with Crippen molar-refractivity contribution in [2.75, 3.05) is 13.2 Å². The minimum Gasteiger partial charge on any atom is -0.481 e. The first-order valence-corrected chi connectivity index (χ1v) is 6.55. The van der Waals surface area contributed by atoms with Gasteiger partial charge in [0.05, 0.1) is 13.2 Å². The van der Waals surface area contributed by atoms with Crippen LogP contribution in [0.25, 0.3) is 0 Å². The van der Waals surface area contributed by atoms with Crippen LogP contribution in [0.15, 0.2) is 0 Å². The van der Waals surface area contributed by atoms with Gasteiger partial charge in [-0.3, -0.25) is 19.2 Å². The number of carboxylic acids is 2. The molecule has 2 N–H and O–H groups in total. The normalized spacial score (nSPS) is 7.31. The molecule has 8 nitrogen and oxygen atoms in total. The van der Waals surface area contributed by atoms with Crippen molar-refractivity contribution in [1.29, 1.82) is 0 Å². The zero-order valence-electron chi connectivity index (χ0n) is 15.1. The molecule has 0 aromatic heterocycles.